The summed E-state index contributed by atoms with van der Waals surface area (Å²) in [6.45, 7) is 1.78. The first kappa shape index (κ1) is 23.6. The number of nitrogens with one attached hydrogen (secondary N) is 2. The first-order chi connectivity index (χ1) is 15.7. The Bertz CT molecular complexity index is 1280. The fraction of sp³-hybridized carbons (Fsp3) is 0.174. The van der Waals surface area contributed by atoms with E-state index in [-0.39, 0.29) is 16.3 Å². The Morgan fingerprint density at radius 2 is 1.67 bits per heavy atom. The van der Waals surface area contributed by atoms with Gasteiger partial charge in [0, 0.05) is 38.3 Å². The molecule has 170 valence electrons. The number of hydrogen-bond acceptors (Lipinski definition) is 4. The number of anilines is 1. The van der Waals surface area contributed by atoms with E-state index in [0.717, 1.165) is 12.0 Å². The highest BCUT2D eigenvalue weighted by Crippen LogP contribution is 2.31. The Morgan fingerprint density at radius 3 is 2.36 bits per heavy atom. The molecule has 0 atom stereocenters. The molecule has 0 bridgehead atoms. The van der Waals surface area contributed by atoms with E-state index < -0.39 is 11.8 Å². The van der Waals surface area contributed by atoms with E-state index >= 15 is 0 Å². The molecule has 2 aromatic carbocycles. The van der Waals surface area contributed by atoms with Crippen LogP contribution in [0, 0.1) is 6.92 Å². The van der Waals surface area contributed by atoms with Gasteiger partial charge >= 0.3 is 0 Å². The van der Waals surface area contributed by atoms with Crippen molar-refractivity contribution in [2.75, 3.05) is 5.32 Å². The van der Waals surface area contributed by atoms with Crippen LogP contribution >= 0.6 is 46.4 Å². The highest BCUT2D eigenvalue weighted by atomic mass is 35.5. The topological polar surface area (TPSA) is 83.7 Å². The molecule has 0 fully saturated rings. The number of benzene rings is 2. The zero-order valence-corrected chi connectivity index (χ0v) is 20.3. The number of furan rings is 1. The lowest BCUT2D eigenvalue weighted by atomic mass is 9.93. The molecule has 1 aliphatic carbocycles. The second-order valence-electron chi connectivity index (χ2n) is 7.44. The summed E-state index contributed by atoms with van der Waals surface area (Å²) >= 11 is 24.0. The van der Waals surface area contributed by atoms with E-state index in [1.807, 2.05) is 0 Å². The van der Waals surface area contributed by atoms with Gasteiger partial charge in [0.15, 0.2) is 5.76 Å². The Hall–Kier alpha value is -2.51. The molecular formula is C23H17Cl4N3O3. The average molecular weight is 525 g/mol. The van der Waals surface area contributed by atoms with Gasteiger partial charge in [-0.1, -0.05) is 46.4 Å². The monoisotopic (exact) mass is 523 g/mol. The van der Waals surface area contributed by atoms with Gasteiger partial charge in [-0.15, -0.1) is 0 Å². The molecule has 2 amide bonds. The van der Waals surface area contributed by atoms with Gasteiger partial charge in [-0.3, -0.25) is 9.59 Å². The molecule has 3 aromatic rings. The van der Waals surface area contributed by atoms with Crippen LogP contribution in [-0.2, 0) is 6.42 Å². The van der Waals surface area contributed by atoms with E-state index in [1.54, 1.807) is 31.2 Å². The number of rotatable bonds is 4. The Balaban J connectivity index is 1.58. The summed E-state index contributed by atoms with van der Waals surface area (Å²) in [5.41, 5.74) is 5.22. The molecule has 0 spiro atoms. The molecule has 6 nitrogen and oxygen atoms in total. The minimum absolute atomic E-state index is 0.165. The number of aryl methyl sites for hydroxylation is 1. The molecule has 0 aliphatic heterocycles. The van der Waals surface area contributed by atoms with Crippen LogP contribution in [0.4, 0.5) is 5.69 Å². The SMILES string of the molecule is Cc1c(C(=O)Nc2cc(Cl)cc(Cl)c2)oc2c1/C(=N/NC(=O)c1ccc(Cl)cc1Cl)CCC2. The van der Waals surface area contributed by atoms with Crippen LogP contribution < -0.4 is 10.7 Å². The molecule has 1 heterocycles. The van der Waals surface area contributed by atoms with Gasteiger partial charge in [-0.25, -0.2) is 5.43 Å². The van der Waals surface area contributed by atoms with Crippen molar-refractivity contribution < 1.29 is 14.0 Å². The van der Waals surface area contributed by atoms with Crippen molar-refractivity contribution in [3.63, 3.8) is 0 Å². The van der Waals surface area contributed by atoms with Crippen LogP contribution in [0.15, 0.2) is 45.9 Å². The number of nitrogens with zero attached hydrogens (tertiary/aromatic N) is 1. The number of carbonyl (C=O) groups is 2. The highest BCUT2D eigenvalue weighted by Gasteiger charge is 2.28. The summed E-state index contributed by atoms with van der Waals surface area (Å²) < 4.78 is 5.88. The lowest BCUT2D eigenvalue weighted by molar-refractivity contribution is 0.0953. The van der Waals surface area contributed by atoms with Crippen molar-refractivity contribution in [2.45, 2.75) is 26.2 Å². The van der Waals surface area contributed by atoms with Gasteiger partial charge in [0.05, 0.1) is 16.3 Å². The maximum absolute atomic E-state index is 12.9. The van der Waals surface area contributed by atoms with Gasteiger partial charge in [-0.2, -0.15) is 5.10 Å². The van der Waals surface area contributed by atoms with E-state index in [4.69, 9.17) is 50.8 Å². The highest BCUT2D eigenvalue weighted by molar-refractivity contribution is 6.37. The van der Waals surface area contributed by atoms with Crippen LogP contribution in [0.25, 0.3) is 0 Å². The lowest BCUT2D eigenvalue weighted by Gasteiger charge is -2.13. The molecule has 10 heteroatoms. The van der Waals surface area contributed by atoms with Gasteiger partial charge in [0.25, 0.3) is 11.8 Å². The Morgan fingerprint density at radius 1 is 0.939 bits per heavy atom. The zero-order valence-electron chi connectivity index (χ0n) is 17.3. The first-order valence-electron chi connectivity index (χ1n) is 9.95. The van der Waals surface area contributed by atoms with Crippen LogP contribution in [-0.4, -0.2) is 17.5 Å². The number of hydrogen-bond donors (Lipinski definition) is 2. The van der Waals surface area contributed by atoms with E-state index in [0.29, 0.717) is 50.6 Å². The molecule has 0 unspecified atom stereocenters. The Labute approximate surface area is 209 Å². The number of halogens is 4. The van der Waals surface area contributed by atoms with Gasteiger partial charge < -0.3 is 9.73 Å². The van der Waals surface area contributed by atoms with E-state index in [2.05, 4.69) is 15.8 Å². The summed E-state index contributed by atoms with van der Waals surface area (Å²) in [6.07, 6.45) is 2.04. The minimum Gasteiger partial charge on any atom is -0.455 e. The largest absolute Gasteiger partial charge is 0.455 e. The third-order valence-electron chi connectivity index (χ3n) is 5.12. The van der Waals surface area contributed by atoms with Gasteiger partial charge in [0.2, 0.25) is 0 Å². The summed E-state index contributed by atoms with van der Waals surface area (Å²) in [5.74, 6) is -0.0897. The van der Waals surface area contributed by atoms with Gasteiger partial charge in [-0.05, 0) is 56.2 Å². The summed E-state index contributed by atoms with van der Waals surface area (Å²) in [5, 5.41) is 8.51. The molecular weight excluding hydrogens is 508 g/mol. The second kappa shape index (κ2) is 9.77. The second-order valence-corrected chi connectivity index (χ2v) is 9.16. The van der Waals surface area contributed by atoms with Crippen molar-refractivity contribution >= 4 is 69.6 Å². The number of carbonyl (C=O) groups excluding carboxylic acids is 2. The number of hydrazone groups is 1. The zero-order chi connectivity index (χ0) is 23.7. The predicted octanol–water partition coefficient (Wildman–Crippen LogP) is 6.92. The number of amides is 2. The van der Waals surface area contributed by atoms with Crippen molar-refractivity contribution in [1.29, 1.82) is 0 Å². The summed E-state index contributed by atoms with van der Waals surface area (Å²) in [4.78, 5) is 25.4. The summed E-state index contributed by atoms with van der Waals surface area (Å²) in [7, 11) is 0. The van der Waals surface area contributed by atoms with E-state index in [9.17, 15) is 9.59 Å². The fourth-order valence-electron chi connectivity index (χ4n) is 3.66. The average Bonchev–Trinajstić information content (AvgIpc) is 3.08. The maximum atomic E-state index is 12.9. The molecule has 1 aromatic heterocycles. The molecule has 0 saturated carbocycles. The van der Waals surface area contributed by atoms with Crippen molar-refractivity contribution in [2.24, 2.45) is 5.10 Å². The van der Waals surface area contributed by atoms with Crippen LogP contribution in [0.5, 0.6) is 0 Å². The first-order valence-corrected chi connectivity index (χ1v) is 11.5. The van der Waals surface area contributed by atoms with Crippen LogP contribution in [0.2, 0.25) is 20.1 Å². The molecule has 4 rings (SSSR count). The molecule has 0 radical (unpaired) electrons. The smallest absolute Gasteiger partial charge is 0.291 e. The van der Waals surface area contributed by atoms with Crippen LogP contribution in [0.3, 0.4) is 0 Å². The maximum Gasteiger partial charge on any atom is 0.291 e. The van der Waals surface area contributed by atoms with Gasteiger partial charge in [0.1, 0.15) is 5.76 Å². The number of fused-ring (bicyclic) bond motifs is 1. The Kier molecular flexibility index (Phi) is 7.00. The summed E-state index contributed by atoms with van der Waals surface area (Å²) in [6, 6.07) is 9.35. The fourth-order valence-corrected chi connectivity index (χ4v) is 4.68. The molecule has 1 aliphatic rings. The third kappa shape index (κ3) is 5.20. The lowest BCUT2D eigenvalue weighted by Crippen LogP contribution is -2.22. The quantitative estimate of drug-likeness (QED) is 0.363. The van der Waals surface area contributed by atoms with E-state index in [1.165, 1.54) is 12.1 Å². The van der Waals surface area contributed by atoms with Crippen LogP contribution in [0.1, 0.15) is 50.6 Å². The predicted molar refractivity (Wildman–Crippen MR) is 131 cm³/mol. The van der Waals surface area contributed by atoms with Crippen molar-refractivity contribution in [3.05, 3.63) is 84.7 Å². The third-order valence-corrected chi connectivity index (χ3v) is 6.10. The molecule has 33 heavy (non-hydrogen) atoms. The van der Waals surface area contributed by atoms with Crippen molar-refractivity contribution in [1.82, 2.24) is 5.43 Å². The molecule has 0 saturated heterocycles. The minimum atomic E-state index is -0.465. The molecule has 2 N–H and O–H groups in total. The normalized spacial score (nSPS) is 14.2. The standard InChI is InChI=1S/C23H17Cl4N3O3/c1-11-20-18(29-30-22(31)16-6-5-12(24)10-17(16)27)3-2-4-19(20)33-21(11)23(32)28-15-8-13(25)7-14(26)9-15/h5-10H,2-4H2,1H3,(H,28,32)(H,30,31)/b29-18+. The van der Waals surface area contributed by atoms with Crippen molar-refractivity contribution in [3.8, 4) is 0 Å².